The van der Waals surface area contributed by atoms with Crippen molar-refractivity contribution >= 4 is 35.1 Å². The molecule has 0 saturated carbocycles. The molecule has 2 aliphatic carbocycles. The molecule has 4 aliphatic heterocycles. The number of ketones is 4. The Kier molecular flexibility index (Phi) is 5.34. The van der Waals surface area contributed by atoms with Crippen molar-refractivity contribution in [1.82, 2.24) is 0 Å². The van der Waals surface area contributed by atoms with Crippen LogP contribution in [0.2, 0.25) is 0 Å². The highest BCUT2D eigenvalue weighted by molar-refractivity contribution is 6.31. The lowest BCUT2D eigenvalue weighted by molar-refractivity contribution is -0.141. The molecule has 0 radical (unpaired) electrons. The predicted octanol–water partition coefficient (Wildman–Crippen LogP) is 2.32. The van der Waals surface area contributed by atoms with E-state index in [-0.39, 0.29) is 68.5 Å². The topological polar surface area (TPSA) is 180 Å². The van der Waals surface area contributed by atoms with E-state index in [1.807, 2.05) is 0 Å². The molecular weight excluding hydrogens is 576 g/mol. The molecule has 2 aromatic rings. The number of carbonyl (C=O) groups excluding carboxylic acids is 6. The molecule has 2 fully saturated rings. The van der Waals surface area contributed by atoms with E-state index in [9.17, 15) is 39.0 Å². The Bertz CT molecular complexity index is 1770. The number of esters is 2. The smallest absolute Gasteiger partial charge is 0.309 e. The van der Waals surface area contributed by atoms with E-state index in [2.05, 4.69) is 0 Å². The number of benzene rings is 2. The summed E-state index contributed by atoms with van der Waals surface area (Å²) in [4.78, 5) is 78.8. The number of rotatable bonds is 1. The van der Waals surface area contributed by atoms with Crippen LogP contribution in [-0.2, 0) is 28.5 Å². The summed E-state index contributed by atoms with van der Waals surface area (Å²) < 4.78 is 22.3. The van der Waals surface area contributed by atoms with E-state index in [1.54, 1.807) is 13.8 Å². The minimum atomic E-state index is -1.04. The molecule has 2 aromatic carbocycles. The van der Waals surface area contributed by atoms with Gasteiger partial charge in [-0.2, -0.15) is 0 Å². The molecule has 8 rings (SSSR count). The number of fused-ring (bicyclic) bond motifs is 6. The molecule has 12 nitrogen and oxygen atoms in total. The fraction of sp³-hybridized carbons (Fsp3) is 0.312. The van der Waals surface area contributed by atoms with Crippen LogP contribution in [0.4, 0.5) is 0 Å². The van der Waals surface area contributed by atoms with Crippen LogP contribution in [0.5, 0.6) is 11.5 Å². The molecule has 0 unspecified atom stereocenters. The van der Waals surface area contributed by atoms with Gasteiger partial charge in [0.2, 0.25) is 0 Å². The quantitative estimate of drug-likeness (QED) is 0.458. The van der Waals surface area contributed by atoms with Gasteiger partial charge in [0, 0.05) is 33.4 Å². The van der Waals surface area contributed by atoms with E-state index in [4.69, 9.17) is 18.9 Å². The number of carbonyl (C=O) groups is 6. The standard InChI is InChI=1S/C32H22O12/c1-9-19-23(31-15(41-9)7-17(33)43-31)27(37)13-5-3-11(25(35)21(13)29(19)39)12-4-6-14-22(26(12)36)30(40)20-10(2)42-16-8-18(34)44-32(16)24(20)28(14)38/h3-6,9-10,15-16,31-32,35-36H,7-8H2,1-2H3/t9-,10-,15-,16-,31+,32+/m1/s1. The van der Waals surface area contributed by atoms with Crippen LogP contribution in [0, 0.1) is 0 Å². The van der Waals surface area contributed by atoms with Crippen LogP contribution in [0.1, 0.15) is 68.1 Å². The SMILES string of the molecule is C[C@H]1O[C@@H]2CC(=O)O[C@@H]2C2=C1C(=O)c1c(ccc(-c3ccc4c(c3O)C(=O)C3=C(C4=O)[C@H]4OC(=O)C[C@H]4O[C@@H]3C)c1O)C2=O. The second kappa shape index (κ2) is 8.80. The van der Waals surface area contributed by atoms with Crippen LogP contribution < -0.4 is 0 Å². The lowest BCUT2D eigenvalue weighted by Crippen LogP contribution is -2.44. The summed E-state index contributed by atoms with van der Waals surface area (Å²) in [6, 6.07) is 5.28. The van der Waals surface area contributed by atoms with Crippen molar-refractivity contribution in [2.45, 2.75) is 63.3 Å². The average Bonchev–Trinajstić information content (AvgIpc) is 3.53. The molecule has 0 spiro atoms. The lowest BCUT2D eigenvalue weighted by Gasteiger charge is -2.35. The van der Waals surface area contributed by atoms with Crippen LogP contribution in [0.3, 0.4) is 0 Å². The molecular formula is C32H22O12. The molecule has 6 aliphatic rings. The highest BCUT2D eigenvalue weighted by Gasteiger charge is 2.53. The third-order valence-corrected chi connectivity index (χ3v) is 9.22. The van der Waals surface area contributed by atoms with Crippen molar-refractivity contribution in [1.29, 1.82) is 0 Å². The maximum Gasteiger partial charge on any atom is 0.309 e. The van der Waals surface area contributed by atoms with Gasteiger partial charge < -0.3 is 29.2 Å². The first-order chi connectivity index (χ1) is 21.0. The Balaban J connectivity index is 1.24. The summed E-state index contributed by atoms with van der Waals surface area (Å²) in [6.07, 6.45) is -5.35. The highest BCUT2D eigenvalue weighted by atomic mass is 16.6. The molecule has 0 aromatic heterocycles. The zero-order valence-corrected chi connectivity index (χ0v) is 23.2. The van der Waals surface area contributed by atoms with Gasteiger partial charge in [0.15, 0.2) is 35.3 Å². The molecule has 0 amide bonds. The van der Waals surface area contributed by atoms with Crippen molar-refractivity contribution in [2.24, 2.45) is 0 Å². The van der Waals surface area contributed by atoms with Gasteiger partial charge in [0.05, 0.1) is 47.3 Å². The van der Waals surface area contributed by atoms with Gasteiger partial charge >= 0.3 is 11.9 Å². The predicted molar refractivity (Wildman–Crippen MR) is 144 cm³/mol. The Hall–Kier alpha value is -4.94. The summed E-state index contributed by atoms with van der Waals surface area (Å²) in [6.45, 7) is 3.13. The van der Waals surface area contributed by atoms with E-state index >= 15 is 0 Å². The van der Waals surface area contributed by atoms with Crippen molar-refractivity contribution < 1.29 is 57.9 Å². The number of hydrogen-bond acceptors (Lipinski definition) is 12. The normalized spacial score (nSPS) is 30.3. The zero-order valence-electron chi connectivity index (χ0n) is 23.2. The fourth-order valence-electron chi connectivity index (χ4n) is 7.34. The van der Waals surface area contributed by atoms with Crippen LogP contribution in [0.15, 0.2) is 46.6 Å². The second-order valence-corrected chi connectivity index (χ2v) is 11.6. The maximum absolute atomic E-state index is 13.8. The van der Waals surface area contributed by atoms with Gasteiger partial charge in [0.1, 0.15) is 23.7 Å². The molecule has 6 atom stereocenters. The van der Waals surface area contributed by atoms with Gasteiger partial charge in [-0.05, 0) is 38.1 Å². The fourth-order valence-corrected chi connectivity index (χ4v) is 7.34. The maximum atomic E-state index is 13.8. The first-order valence-corrected chi connectivity index (χ1v) is 14.1. The summed E-state index contributed by atoms with van der Waals surface area (Å²) in [5, 5.41) is 22.8. The van der Waals surface area contributed by atoms with E-state index < -0.39 is 83.2 Å². The van der Waals surface area contributed by atoms with E-state index in [0.29, 0.717) is 0 Å². The number of phenolic OH excluding ortho intramolecular Hbond substituents is 2. The molecule has 222 valence electrons. The lowest BCUT2D eigenvalue weighted by atomic mass is 9.75. The Morgan fingerprint density at radius 1 is 0.545 bits per heavy atom. The molecule has 44 heavy (non-hydrogen) atoms. The van der Waals surface area contributed by atoms with Crippen molar-refractivity contribution in [3.63, 3.8) is 0 Å². The van der Waals surface area contributed by atoms with Crippen molar-refractivity contribution in [2.75, 3.05) is 0 Å². The van der Waals surface area contributed by atoms with Gasteiger partial charge in [-0.1, -0.05) is 0 Å². The minimum Gasteiger partial charge on any atom is -0.506 e. The highest BCUT2D eigenvalue weighted by Crippen LogP contribution is 2.49. The zero-order chi connectivity index (χ0) is 30.9. The van der Waals surface area contributed by atoms with E-state index in [1.165, 1.54) is 24.3 Å². The number of Topliss-reactive ketones (excluding diaryl/α,β-unsaturated/α-hetero) is 4. The number of phenols is 2. The number of hydrogen-bond donors (Lipinski definition) is 2. The molecule has 0 bridgehead atoms. The van der Waals surface area contributed by atoms with Crippen LogP contribution in [0.25, 0.3) is 11.1 Å². The third kappa shape index (κ3) is 3.29. The second-order valence-electron chi connectivity index (χ2n) is 11.6. The van der Waals surface area contributed by atoms with Crippen molar-refractivity contribution in [3.8, 4) is 22.6 Å². The minimum absolute atomic E-state index is 0.0214. The third-order valence-electron chi connectivity index (χ3n) is 9.22. The van der Waals surface area contributed by atoms with Gasteiger partial charge in [-0.3, -0.25) is 28.8 Å². The summed E-state index contributed by atoms with van der Waals surface area (Å²) in [7, 11) is 0. The largest absolute Gasteiger partial charge is 0.506 e. The number of aromatic hydroxyl groups is 2. The van der Waals surface area contributed by atoms with Crippen LogP contribution >= 0.6 is 0 Å². The molecule has 4 heterocycles. The van der Waals surface area contributed by atoms with Crippen LogP contribution in [-0.4, -0.2) is 81.9 Å². The molecule has 2 saturated heterocycles. The first kappa shape index (κ1) is 26.7. The molecule has 12 heteroatoms. The van der Waals surface area contributed by atoms with Crippen molar-refractivity contribution in [3.05, 3.63) is 68.8 Å². The monoisotopic (exact) mass is 598 g/mol. The van der Waals surface area contributed by atoms with E-state index in [0.717, 1.165) is 0 Å². The Morgan fingerprint density at radius 3 is 1.30 bits per heavy atom. The summed E-state index contributed by atoms with van der Waals surface area (Å²) >= 11 is 0. The summed E-state index contributed by atoms with van der Waals surface area (Å²) in [5.41, 5.74) is -1.02. The van der Waals surface area contributed by atoms with Gasteiger partial charge in [-0.15, -0.1) is 0 Å². The summed E-state index contributed by atoms with van der Waals surface area (Å²) in [5.74, 6) is -4.93. The number of ether oxygens (including phenoxy) is 4. The Labute approximate surface area is 247 Å². The first-order valence-electron chi connectivity index (χ1n) is 14.1. The van der Waals surface area contributed by atoms with Gasteiger partial charge in [-0.25, -0.2) is 0 Å². The molecule has 2 N–H and O–H groups in total. The average molecular weight is 599 g/mol. The Morgan fingerprint density at radius 2 is 0.909 bits per heavy atom. The van der Waals surface area contributed by atoms with Gasteiger partial charge in [0.25, 0.3) is 0 Å².